The number of hydrogen-bond acceptors (Lipinski definition) is 5. The molecule has 5 heteroatoms. The van der Waals surface area contributed by atoms with Gasteiger partial charge in [-0.2, -0.15) is 0 Å². The lowest BCUT2D eigenvalue weighted by Gasteiger charge is -2.27. The molecule has 1 N–H and O–H groups in total. The van der Waals surface area contributed by atoms with E-state index in [1.54, 1.807) is 0 Å². The standard InChI is InChI=1S/C23H25NO4/c1-15-9-11-18(12-10-15)14-27-21-8-6-5-7-19(21)20-13-16(2)24-17(3)22(20)28-23(25)26-4/h5-13,20,24H,14H2,1-4H3. The SMILES string of the molecule is COC(=O)OC1=C(C)NC(C)=CC1c1ccccc1OCc1ccc(C)cc1. The fourth-order valence-corrected chi connectivity index (χ4v) is 3.17. The molecule has 5 nitrogen and oxygen atoms in total. The number of dihydropyridines is 1. The number of methoxy groups -OCH3 is 1. The van der Waals surface area contributed by atoms with Gasteiger partial charge in [-0.05, 0) is 32.4 Å². The van der Waals surface area contributed by atoms with E-state index in [4.69, 9.17) is 9.47 Å². The number of benzene rings is 2. The number of rotatable bonds is 5. The van der Waals surface area contributed by atoms with E-state index in [9.17, 15) is 4.79 Å². The highest BCUT2D eigenvalue weighted by atomic mass is 16.7. The molecule has 0 amide bonds. The van der Waals surface area contributed by atoms with Crippen molar-refractivity contribution in [3.8, 4) is 5.75 Å². The molecule has 0 aromatic heterocycles. The van der Waals surface area contributed by atoms with Crippen molar-refractivity contribution in [2.45, 2.75) is 33.3 Å². The Bertz CT molecular complexity index is 912. The predicted octanol–water partition coefficient (Wildman–Crippen LogP) is 5.18. The van der Waals surface area contributed by atoms with Gasteiger partial charge in [0, 0.05) is 11.3 Å². The quantitative estimate of drug-likeness (QED) is 0.726. The Kier molecular flexibility index (Phi) is 6.04. The van der Waals surface area contributed by atoms with Crippen LogP contribution in [-0.4, -0.2) is 13.3 Å². The van der Waals surface area contributed by atoms with Crippen LogP contribution in [0.1, 0.15) is 36.5 Å². The molecule has 2 aromatic carbocycles. The van der Waals surface area contributed by atoms with Crippen LogP contribution >= 0.6 is 0 Å². The third kappa shape index (κ3) is 4.55. The molecule has 1 unspecified atom stereocenters. The lowest BCUT2D eigenvalue weighted by molar-refractivity contribution is 0.0923. The number of carbonyl (C=O) groups is 1. The normalized spacial score (nSPS) is 16.1. The van der Waals surface area contributed by atoms with Crippen molar-refractivity contribution in [1.82, 2.24) is 5.32 Å². The molecular formula is C23H25NO4. The van der Waals surface area contributed by atoms with E-state index < -0.39 is 6.16 Å². The summed E-state index contributed by atoms with van der Waals surface area (Å²) in [5, 5.41) is 3.21. The van der Waals surface area contributed by atoms with Crippen LogP contribution in [0.25, 0.3) is 0 Å². The molecular weight excluding hydrogens is 354 g/mol. The maximum absolute atomic E-state index is 11.7. The molecule has 28 heavy (non-hydrogen) atoms. The Morgan fingerprint density at radius 2 is 1.75 bits per heavy atom. The summed E-state index contributed by atoms with van der Waals surface area (Å²) < 4.78 is 16.3. The summed E-state index contributed by atoms with van der Waals surface area (Å²) in [6.45, 7) is 6.36. The van der Waals surface area contributed by atoms with Crippen molar-refractivity contribution < 1.29 is 19.0 Å². The van der Waals surface area contributed by atoms with Gasteiger partial charge in [0.2, 0.25) is 0 Å². The van der Waals surface area contributed by atoms with Crippen molar-refractivity contribution in [1.29, 1.82) is 0 Å². The van der Waals surface area contributed by atoms with Gasteiger partial charge in [0.25, 0.3) is 0 Å². The summed E-state index contributed by atoms with van der Waals surface area (Å²) in [5.74, 6) is 0.996. The summed E-state index contributed by atoms with van der Waals surface area (Å²) >= 11 is 0. The average Bonchev–Trinajstić information content (AvgIpc) is 2.69. The molecule has 2 aromatic rings. The second-order valence-electron chi connectivity index (χ2n) is 6.81. The molecule has 0 spiro atoms. The molecule has 0 aliphatic carbocycles. The first-order chi connectivity index (χ1) is 13.5. The third-order valence-electron chi connectivity index (χ3n) is 4.58. The first-order valence-electron chi connectivity index (χ1n) is 9.17. The maximum atomic E-state index is 11.7. The summed E-state index contributed by atoms with van der Waals surface area (Å²) in [7, 11) is 1.29. The molecule has 1 atom stereocenters. The minimum atomic E-state index is -0.743. The van der Waals surface area contributed by atoms with Gasteiger partial charge in [0.15, 0.2) is 0 Å². The van der Waals surface area contributed by atoms with Gasteiger partial charge in [-0.3, -0.25) is 0 Å². The van der Waals surface area contributed by atoms with E-state index in [0.717, 1.165) is 28.3 Å². The second kappa shape index (κ2) is 8.65. The fraction of sp³-hybridized carbons (Fsp3) is 0.261. The molecule has 3 rings (SSSR count). The van der Waals surface area contributed by atoms with Gasteiger partial charge in [-0.15, -0.1) is 0 Å². The van der Waals surface area contributed by atoms with Crippen LogP contribution in [0.15, 0.2) is 71.8 Å². The van der Waals surface area contributed by atoms with Gasteiger partial charge in [-0.25, -0.2) is 4.79 Å². The minimum Gasteiger partial charge on any atom is -0.489 e. The first kappa shape index (κ1) is 19.5. The van der Waals surface area contributed by atoms with Crippen LogP contribution in [-0.2, 0) is 16.1 Å². The van der Waals surface area contributed by atoms with Gasteiger partial charge in [-0.1, -0.05) is 54.1 Å². The molecule has 1 aliphatic heterocycles. The zero-order chi connectivity index (χ0) is 20.1. The highest BCUT2D eigenvalue weighted by molar-refractivity contribution is 5.62. The van der Waals surface area contributed by atoms with Crippen LogP contribution in [0.4, 0.5) is 4.79 Å². The number of ether oxygens (including phenoxy) is 3. The predicted molar refractivity (Wildman–Crippen MR) is 108 cm³/mol. The zero-order valence-electron chi connectivity index (χ0n) is 16.6. The highest BCUT2D eigenvalue weighted by Crippen LogP contribution is 2.37. The number of hydrogen-bond donors (Lipinski definition) is 1. The van der Waals surface area contributed by atoms with Gasteiger partial charge in [0.1, 0.15) is 18.1 Å². The molecule has 0 fully saturated rings. The van der Waals surface area contributed by atoms with Gasteiger partial charge in [0.05, 0.1) is 18.7 Å². The second-order valence-corrected chi connectivity index (χ2v) is 6.81. The van der Waals surface area contributed by atoms with E-state index in [2.05, 4.69) is 41.2 Å². The van der Waals surface area contributed by atoms with E-state index in [0.29, 0.717) is 12.4 Å². The lowest BCUT2D eigenvalue weighted by Crippen LogP contribution is -2.23. The van der Waals surface area contributed by atoms with Crippen LogP contribution < -0.4 is 10.1 Å². The Morgan fingerprint density at radius 1 is 1.04 bits per heavy atom. The highest BCUT2D eigenvalue weighted by Gasteiger charge is 2.28. The maximum Gasteiger partial charge on any atom is 0.513 e. The van der Waals surface area contributed by atoms with Crippen molar-refractivity contribution in [3.05, 3.63) is 88.5 Å². The fourth-order valence-electron chi connectivity index (χ4n) is 3.17. The van der Waals surface area contributed by atoms with Crippen molar-refractivity contribution in [3.63, 3.8) is 0 Å². The number of aryl methyl sites for hydroxylation is 1. The van der Waals surface area contributed by atoms with E-state index in [1.165, 1.54) is 12.7 Å². The average molecular weight is 379 g/mol. The Labute approximate surface area is 165 Å². The number of carbonyl (C=O) groups excluding carboxylic acids is 1. The largest absolute Gasteiger partial charge is 0.513 e. The smallest absolute Gasteiger partial charge is 0.489 e. The van der Waals surface area contributed by atoms with E-state index >= 15 is 0 Å². The molecule has 0 saturated heterocycles. The topological polar surface area (TPSA) is 56.8 Å². The van der Waals surface area contributed by atoms with Crippen molar-refractivity contribution >= 4 is 6.16 Å². The van der Waals surface area contributed by atoms with Gasteiger partial charge >= 0.3 is 6.16 Å². The van der Waals surface area contributed by atoms with Crippen LogP contribution in [0.2, 0.25) is 0 Å². The van der Waals surface area contributed by atoms with Gasteiger partial charge < -0.3 is 19.5 Å². The Balaban J connectivity index is 1.89. The summed E-state index contributed by atoms with van der Waals surface area (Å²) in [6.07, 6.45) is 1.27. The molecule has 1 aliphatic rings. The van der Waals surface area contributed by atoms with E-state index in [1.807, 2.05) is 44.2 Å². The Morgan fingerprint density at radius 3 is 2.46 bits per heavy atom. The molecule has 146 valence electrons. The van der Waals surface area contributed by atoms with Crippen molar-refractivity contribution in [2.24, 2.45) is 0 Å². The lowest BCUT2D eigenvalue weighted by atomic mass is 9.92. The number of nitrogens with one attached hydrogen (secondary N) is 1. The molecule has 0 bridgehead atoms. The molecule has 1 heterocycles. The third-order valence-corrected chi connectivity index (χ3v) is 4.58. The van der Waals surface area contributed by atoms with Crippen molar-refractivity contribution in [2.75, 3.05) is 7.11 Å². The minimum absolute atomic E-state index is 0.255. The number of para-hydroxylation sites is 1. The zero-order valence-corrected chi connectivity index (χ0v) is 16.6. The molecule has 0 radical (unpaired) electrons. The van der Waals surface area contributed by atoms with Crippen LogP contribution in [0.5, 0.6) is 5.75 Å². The number of allylic oxidation sites excluding steroid dienone is 3. The monoisotopic (exact) mass is 379 g/mol. The summed E-state index contributed by atoms with van der Waals surface area (Å²) in [6, 6.07) is 16.0. The van der Waals surface area contributed by atoms with Crippen LogP contribution in [0.3, 0.4) is 0 Å². The van der Waals surface area contributed by atoms with Crippen LogP contribution in [0, 0.1) is 6.92 Å². The Hall–Kier alpha value is -3.21. The summed E-state index contributed by atoms with van der Waals surface area (Å²) in [5.41, 5.74) is 4.98. The molecule has 0 saturated carbocycles. The summed E-state index contributed by atoms with van der Waals surface area (Å²) in [4.78, 5) is 11.7. The van der Waals surface area contributed by atoms with E-state index in [-0.39, 0.29) is 5.92 Å². The first-order valence-corrected chi connectivity index (χ1v) is 9.17.